The molecule has 0 aromatic heterocycles. The summed E-state index contributed by atoms with van der Waals surface area (Å²) < 4.78 is 37.7. The van der Waals surface area contributed by atoms with Gasteiger partial charge in [0.1, 0.15) is 11.5 Å². The topological polar surface area (TPSA) is 119 Å². The first-order valence-corrected chi connectivity index (χ1v) is 11.0. The molecule has 2 aromatic rings. The third kappa shape index (κ3) is 4.94. The molecular weight excluding hydrogens is 426 g/mol. The van der Waals surface area contributed by atoms with Gasteiger partial charge in [0.15, 0.2) is 11.0 Å². The molecule has 0 spiro atoms. The molecule has 166 valence electrons. The van der Waals surface area contributed by atoms with Crippen LogP contribution in [0, 0.1) is 10.1 Å². The first kappa shape index (κ1) is 22.5. The average molecular weight is 449 g/mol. The number of carbonyl (C=O) groups is 1. The van der Waals surface area contributed by atoms with Crippen molar-refractivity contribution in [3.05, 3.63) is 58.6 Å². The second-order valence-electron chi connectivity index (χ2n) is 6.89. The zero-order chi connectivity index (χ0) is 22.6. The summed E-state index contributed by atoms with van der Waals surface area (Å²) >= 11 is 0. The van der Waals surface area contributed by atoms with E-state index in [0.717, 1.165) is 10.4 Å². The fraction of sp³-hybridized carbons (Fsp3) is 0.350. The number of benzene rings is 2. The standard InChI is InChI=1S/C20H23N3O7S/c1-15(30-17-9-7-16(29-2)8-10-17)20(24)21-11-13-22(14-12-21)31(27,28)19-6-4-3-5-18(19)23(25)26/h3-10,15H,11-14H2,1-2H3. The summed E-state index contributed by atoms with van der Waals surface area (Å²) in [5.41, 5.74) is -0.470. The summed E-state index contributed by atoms with van der Waals surface area (Å²) in [6, 6.07) is 12.1. The second-order valence-corrected chi connectivity index (χ2v) is 8.80. The van der Waals surface area contributed by atoms with E-state index in [0.29, 0.717) is 11.5 Å². The number of piperazine rings is 1. The predicted molar refractivity (Wildman–Crippen MR) is 112 cm³/mol. The summed E-state index contributed by atoms with van der Waals surface area (Å²) in [6.07, 6.45) is -0.758. The number of sulfonamides is 1. The van der Waals surface area contributed by atoms with Gasteiger partial charge in [-0.05, 0) is 37.3 Å². The largest absolute Gasteiger partial charge is 0.497 e. The lowest BCUT2D eigenvalue weighted by Crippen LogP contribution is -2.53. The Morgan fingerprint density at radius 3 is 2.19 bits per heavy atom. The maximum Gasteiger partial charge on any atom is 0.289 e. The number of nitrogens with zero attached hydrogens (tertiary/aromatic N) is 3. The molecular formula is C20H23N3O7S. The normalized spacial score (nSPS) is 15.9. The number of methoxy groups -OCH3 is 1. The van der Waals surface area contributed by atoms with E-state index in [9.17, 15) is 23.3 Å². The predicted octanol–water partition coefficient (Wildman–Crippen LogP) is 1.90. The molecule has 1 aliphatic rings. The van der Waals surface area contributed by atoms with Gasteiger partial charge in [-0.2, -0.15) is 4.31 Å². The Morgan fingerprint density at radius 2 is 1.61 bits per heavy atom. The highest BCUT2D eigenvalue weighted by molar-refractivity contribution is 7.89. The van der Waals surface area contributed by atoms with E-state index in [-0.39, 0.29) is 37.0 Å². The smallest absolute Gasteiger partial charge is 0.289 e. The number of para-hydroxylation sites is 1. The van der Waals surface area contributed by atoms with Crippen molar-refractivity contribution in [1.82, 2.24) is 9.21 Å². The van der Waals surface area contributed by atoms with Crippen LogP contribution < -0.4 is 9.47 Å². The minimum Gasteiger partial charge on any atom is -0.497 e. The quantitative estimate of drug-likeness (QED) is 0.468. The number of hydrogen-bond acceptors (Lipinski definition) is 7. The molecule has 0 saturated carbocycles. The van der Waals surface area contributed by atoms with Gasteiger partial charge < -0.3 is 14.4 Å². The highest BCUT2D eigenvalue weighted by atomic mass is 32.2. The van der Waals surface area contributed by atoms with Crippen LogP contribution >= 0.6 is 0 Å². The van der Waals surface area contributed by atoms with Crippen molar-refractivity contribution >= 4 is 21.6 Å². The van der Waals surface area contributed by atoms with Gasteiger partial charge >= 0.3 is 0 Å². The lowest BCUT2D eigenvalue weighted by Gasteiger charge is -2.35. The van der Waals surface area contributed by atoms with Crippen LogP contribution in [-0.2, 0) is 14.8 Å². The van der Waals surface area contributed by atoms with Crippen LogP contribution in [0.3, 0.4) is 0 Å². The van der Waals surface area contributed by atoms with Gasteiger partial charge in [0.2, 0.25) is 10.0 Å². The van der Waals surface area contributed by atoms with E-state index >= 15 is 0 Å². The molecule has 0 aliphatic carbocycles. The molecule has 0 N–H and O–H groups in total. The molecule has 11 heteroatoms. The van der Waals surface area contributed by atoms with Crippen LogP contribution in [0.4, 0.5) is 5.69 Å². The average Bonchev–Trinajstić information content (AvgIpc) is 2.79. The van der Waals surface area contributed by atoms with Crippen LogP contribution in [0.1, 0.15) is 6.92 Å². The number of ether oxygens (including phenoxy) is 2. The van der Waals surface area contributed by atoms with Crippen molar-refractivity contribution in [3.63, 3.8) is 0 Å². The summed E-state index contributed by atoms with van der Waals surface area (Å²) in [7, 11) is -2.50. The Bertz CT molecular complexity index is 1050. The van der Waals surface area contributed by atoms with E-state index < -0.39 is 26.7 Å². The molecule has 2 aromatic carbocycles. The van der Waals surface area contributed by atoms with E-state index in [1.807, 2.05) is 0 Å². The first-order chi connectivity index (χ1) is 14.7. The number of rotatable bonds is 7. The molecule has 0 radical (unpaired) electrons. The zero-order valence-electron chi connectivity index (χ0n) is 17.1. The van der Waals surface area contributed by atoms with Crippen LogP contribution in [0.5, 0.6) is 11.5 Å². The molecule has 10 nitrogen and oxygen atoms in total. The fourth-order valence-electron chi connectivity index (χ4n) is 3.28. The molecule has 1 saturated heterocycles. The molecule has 1 heterocycles. The third-order valence-corrected chi connectivity index (χ3v) is 6.90. The summed E-state index contributed by atoms with van der Waals surface area (Å²) in [6.45, 7) is 2.03. The Morgan fingerprint density at radius 1 is 1.03 bits per heavy atom. The number of nitro groups is 1. The third-order valence-electron chi connectivity index (χ3n) is 4.95. The van der Waals surface area contributed by atoms with Gasteiger partial charge in [-0.15, -0.1) is 0 Å². The molecule has 3 rings (SSSR count). The Kier molecular flexibility index (Phi) is 6.76. The van der Waals surface area contributed by atoms with E-state index in [4.69, 9.17) is 9.47 Å². The van der Waals surface area contributed by atoms with Gasteiger partial charge in [0.25, 0.3) is 11.6 Å². The van der Waals surface area contributed by atoms with Crippen molar-refractivity contribution in [1.29, 1.82) is 0 Å². The SMILES string of the molecule is COc1ccc(OC(C)C(=O)N2CCN(S(=O)(=O)c3ccccc3[N+](=O)[O-])CC2)cc1. The fourth-order valence-corrected chi connectivity index (χ4v) is 4.86. The molecule has 31 heavy (non-hydrogen) atoms. The Hall–Kier alpha value is -3.18. The van der Waals surface area contributed by atoms with Crippen molar-refractivity contribution in [3.8, 4) is 11.5 Å². The van der Waals surface area contributed by atoms with Crippen LogP contribution in [0.2, 0.25) is 0 Å². The van der Waals surface area contributed by atoms with Crippen molar-refractivity contribution in [2.45, 2.75) is 17.9 Å². The summed E-state index contributed by atoms with van der Waals surface area (Å²) in [5.74, 6) is 0.917. The second kappa shape index (κ2) is 9.31. The zero-order valence-corrected chi connectivity index (χ0v) is 17.9. The Labute approximate surface area is 180 Å². The summed E-state index contributed by atoms with van der Waals surface area (Å²) in [5, 5.41) is 11.2. The highest BCUT2D eigenvalue weighted by Gasteiger charge is 2.35. The number of nitro benzene ring substituents is 1. The number of carbonyl (C=O) groups excluding carboxylic acids is 1. The van der Waals surface area contributed by atoms with E-state index in [1.54, 1.807) is 38.3 Å². The lowest BCUT2D eigenvalue weighted by atomic mass is 10.2. The highest BCUT2D eigenvalue weighted by Crippen LogP contribution is 2.27. The monoisotopic (exact) mass is 449 g/mol. The van der Waals surface area contributed by atoms with Gasteiger partial charge in [-0.3, -0.25) is 14.9 Å². The molecule has 1 amide bonds. The van der Waals surface area contributed by atoms with Crippen molar-refractivity contribution in [2.24, 2.45) is 0 Å². The van der Waals surface area contributed by atoms with E-state index in [1.165, 1.54) is 23.1 Å². The maximum absolute atomic E-state index is 12.9. The van der Waals surface area contributed by atoms with Gasteiger partial charge in [0, 0.05) is 32.2 Å². The first-order valence-electron chi connectivity index (χ1n) is 9.57. The van der Waals surface area contributed by atoms with Crippen molar-refractivity contribution < 1.29 is 27.6 Å². The van der Waals surface area contributed by atoms with Crippen LogP contribution in [0.25, 0.3) is 0 Å². The maximum atomic E-state index is 12.9. The van der Waals surface area contributed by atoms with Crippen LogP contribution in [-0.4, -0.2) is 67.8 Å². The van der Waals surface area contributed by atoms with Crippen molar-refractivity contribution in [2.75, 3.05) is 33.3 Å². The molecule has 1 fully saturated rings. The Balaban J connectivity index is 1.63. The minimum absolute atomic E-state index is 0.0371. The van der Waals surface area contributed by atoms with Gasteiger partial charge in [-0.25, -0.2) is 8.42 Å². The lowest BCUT2D eigenvalue weighted by molar-refractivity contribution is -0.387. The number of amides is 1. The molecule has 1 unspecified atom stereocenters. The van der Waals surface area contributed by atoms with E-state index in [2.05, 4.69) is 0 Å². The van der Waals surface area contributed by atoms with Crippen LogP contribution in [0.15, 0.2) is 53.4 Å². The molecule has 0 bridgehead atoms. The van der Waals surface area contributed by atoms with Gasteiger partial charge in [0.05, 0.1) is 12.0 Å². The van der Waals surface area contributed by atoms with Gasteiger partial charge in [-0.1, -0.05) is 12.1 Å². The molecule has 1 aliphatic heterocycles. The summed E-state index contributed by atoms with van der Waals surface area (Å²) in [4.78, 5) is 24.4. The minimum atomic E-state index is -4.05. The number of hydrogen-bond donors (Lipinski definition) is 0. The molecule has 1 atom stereocenters.